The van der Waals surface area contributed by atoms with Gasteiger partial charge in [-0.1, -0.05) is 54.6 Å². The van der Waals surface area contributed by atoms with Crippen molar-refractivity contribution in [3.8, 4) is 6.07 Å². The molecule has 1 amide bonds. The van der Waals surface area contributed by atoms with Gasteiger partial charge in [0.15, 0.2) is 0 Å². The van der Waals surface area contributed by atoms with Gasteiger partial charge < -0.3 is 9.88 Å². The number of para-hydroxylation sites is 2. The molecule has 0 saturated heterocycles. The van der Waals surface area contributed by atoms with Gasteiger partial charge in [0, 0.05) is 33.9 Å². The number of halogens is 1. The summed E-state index contributed by atoms with van der Waals surface area (Å²) >= 11 is 0. The molecule has 4 aromatic rings. The van der Waals surface area contributed by atoms with E-state index in [2.05, 4.69) is 11.4 Å². The van der Waals surface area contributed by atoms with Crippen LogP contribution in [0, 0.1) is 17.1 Å². The molecule has 0 aliphatic rings. The molecule has 0 saturated carbocycles. The number of benzene rings is 3. The largest absolute Gasteiger partial charge is 0.337 e. The Morgan fingerprint density at radius 3 is 2.47 bits per heavy atom. The van der Waals surface area contributed by atoms with Crippen molar-refractivity contribution in [2.75, 3.05) is 5.32 Å². The number of allylic oxidation sites excluding steroid dienone is 1. The average Bonchev–Trinajstić information content (AvgIpc) is 3.10. The minimum Gasteiger partial charge on any atom is -0.337 e. The third-order valence-electron chi connectivity index (χ3n) is 4.78. The Labute approximate surface area is 173 Å². The van der Waals surface area contributed by atoms with Crippen LogP contribution >= 0.6 is 0 Å². The molecule has 0 aliphatic heterocycles. The number of nitrogens with one attached hydrogen (secondary N) is 1. The second-order valence-corrected chi connectivity index (χ2v) is 6.79. The van der Waals surface area contributed by atoms with E-state index in [1.807, 2.05) is 65.4 Å². The molecule has 1 heterocycles. The molecule has 4 rings (SSSR count). The molecule has 0 atom stereocenters. The normalized spacial score (nSPS) is 11.3. The minimum atomic E-state index is -0.448. The molecule has 5 heteroatoms. The molecule has 1 aromatic heterocycles. The highest BCUT2D eigenvalue weighted by molar-refractivity contribution is 5.99. The summed E-state index contributed by atoms with van der Waals surface area (Å²) in [4.78, 5) is 12.5. The first-order valence-electron chi connectivity index (χ1n) is 9.45. The van der Waals surface area contributed by atoms with Gasteiger partial charge in [0.2, 0.25) is 5.91 Å². The monoisotopic (exact) mass is 395 g/mol. The second-order valence-electron chi connectivity index (χ2n) is 6.79. The molecule has 0 unspecified atom stereocenters. The number of nitrogens with zero attached hydrogens (tertiary/aromatic N) is 2. The zero-order valence-electron chi connectivity index (χ0n) is 16.0. The van der Waals surface area contributed by atoms with Gasteiger partial charge in [-0.15, -0.1) is 0 Å². The highest BCUT2D eigenvalue weighted by atomic mass is 19.1. The van der Waals surface area contributed by atoms with Crippen LogP contribution in [0.15, 0.2) is 85.1 Å². The second kappa shape index (κ2) is 8.46. The zero-order chi connectivity index (χ0) is 20.9. The van der Waals surface area contributed by atoms with Crippen LogP contribution in [0.3, 0.4) is 0 Å². The highest BCUT2D eigenvalue weighted by Crippen LogP contribution is 2.27. The first kappa shape index (κ1) is 19.2. The van der Waals surface area contributed by atoms with Gasteiger partial charge in [0.05, 0.1) is 11.6 Å². The summed E-state index contributed by atoms with van der Waals surface area (Å²) in [6.45, 7) is 0.116. The van der Waals surface area contributed by atoms with E-state index in [4.69, 9.17) is 0 Å². The maximum atomic E-state index is 14.2. The standard InChI is InChI=1S/C25H18FN3O/c26-23-12-6-4-10-21(23)18(15-27)14-19-16-29(24-13-7-5-11-22(19)24)17-25(30)28-20-8-2-1-3-9-20/h1-14,16H,17H2,(H,28,30). The van der Waals surface area contributed by atoms with E-state index in [9.17, 15) is 14.4 Å². The van der Waals surface area contributed by atoms with Crippen molar-refractivity contribution in [1.82, 2.24) is 4.57 Å². The number of anilines is 1. The number of aromatic nitrogens is 1. The number of amides is 1. The van der Waals surface area contributed by atoms with Gasteiger partial charge >= 0.3 is 0 Å². The quantitative estimate of drug-likeness (QED) is 0.455. The summed E-state index contributed by atoms with van der Waals surface area (Å²) in [5.74, 6) is -0.608. The zero-order valence-corrected chi connectivity index (χ0v) is 16.0. The van der Waals surface area contributed by atoms with Crippen LogP contribution in [0.2, 0.25) is 0 Å². The van der Waals surface area contributed by atoms with E-state index < -0.39 is 5.82 Å². The number of rotatable bonds is 5. The number of carbonyl (C=O) groups excluding carboxylic acids is 1. The Kier molecular flexibility index (Phi) is 5.40. The lowest BCUT2D eigenvalue weighted by atomic mass is 10.0. The number of carbonyl (C=O) groups is 1. The van der Waals surface area contributed by atoms with Gasteiger partial charge in [0.25, 0.3) is 0 Å². The van der Waals surface area contributed by atoms with Crippen LogP contribution in [0.1, 0.15) is 11.1 Å². The molecule has 30 heavy (non-hydrogen) atoms. The Bertz CT molecular complexity index is 1280. The maximum Gasteiger partial charge on any atom is 0.244 e. The van der Waals surface area contributed by atoms with Gasteiger partial charge in [-0.3, -0.25) is 4.79 Å². The van der Waals surface area contributed by atoms with Crippen molar-refractivity contribution >= 4 is 34.1 Å². The van der Waals surface area contributed by atoms with Gasteiger partial charge in [-0.05, 0) is 30.3 Å². The van der Waals surface area contributed by atoms with Gasteiger partial charge in [-0.2, -0.15) is 5.26 Å². The number of hydrogen-bond donors (Lipinski definition) is 1. The molecule has 0 radical (unpaired) electrons. The van der Waals surface area contributed by atoms with Crippen molar-refractivity contribution in [3.63, 3.8) is 0 Å². The van der Waals surface area contributed by atoms with Gasteiger partial charge in [-0.25, -0.2) is 4.39 Å². The lowest BCUT2D eigenvalue weighted by Crippen LogP contribution is -2.18. The predicted molar refractivity (Wildman–Crippen MR) is 117 cm³/mol. The molecule has 1 N–H and O–H groups in total. The van der Waals surface area contributed by atoms with Crippen molar-refractivity contribution in [3.05, 3.63) is 102 Å². The van der Waals surface area contributed by atoms with E-state index in [1.54, 1.807) is 24.3 Å². The Hall–Kier alpha value is -4.17. The summed E-state index contributed by atoms with van der Waals surface area (Å²) in [5.41, 5.74) is 2.81. The van der Waals surface area contributed by atoms with Crippen molar-refractivity contribution in [1.29, 1.82) is 5.26 Å². The summed E-state index contributed by atoms with van der Waals surface area (Å²) in [6, 6.07) is 25.2. The first-order valence-corrected chi connectivity index (χ1v) is 9.45. The summed E-state index contributed by atoms with van der Waals surface area (Å²) in [7, 11) is 0. The van der Waals surface area contributed by atoms with Crippen LogP contribution < -0.4 is 5.32 Å². The Morgan fingerprint density at radius 1 is 1.00 bits per heavy atom. The Balaban J connectivity index is 1.70. The Morgan fingerprint density at radius 2 is 1.70 bits per heavy atom. The number of nitriles is 1. The minimum absolute atomic E-state index is 0.116. The SMILES string of the molecule is N#CC(=Cc1cn(CC(=O)Nc2ccccc2)c2ccccc12)c1ccccc1F. The topological polar surface area (TPSA) is 57.8 Å². The molecule has 0 aliphatic carbocycles. The van der Waals surface area contributed by atoms with Crippen molar-refractivity contribution in [2.45, 2.75) is 6.54 Å². The molecule has 0 bridgehead atoms. The number of fused-ring (bicyclic) bond motifs is 1. The molecule has 0 spiro atoms. The summed E-state index contributed by atoms with van der Waals surface area (Å²) < 4.78 is 16.0. The summed E-state index contributed by atoms with van der Waals surface area (Å²) in [6.07, 6.45) is 3.47. The van der Waals surface area contributed by atoms with E-state index >= 15 is 0 Å². The fourth-order valence-electron chi connectivity index (χ4n) is 3.40. The fourth-order valence-corrected chi connectivity index (χ4v) is 3.40. The van der Waals surface area contributed by atoms with Crippen LogP contribution in [0.5, 0.6) is 0 Å². The lowest BCUT2D eigenvalue weighted by Gasteiger charge is -2.07. The van der Waals surface area contributed by atoms with Crippen LogP contribution in [-0.2, 0) is 11.3 Å². The third kappa shape index (κ3) is 3.98. The molecule has 0 fully saturated rings. The maximum absolute atomic E-state index is 14.2. The fraction of sp³-hybridized carbons (Fsp3) is 0.0400. The van der Waals surface area contributed by atoms with Gasteiger partial charge in [0.1, 0.15) is 12.4 Å². The first-order chi connectivity index (χ1) is 14.7. The van der Waals surface area contributed by atoms with E-state index in [1.165, 1.54) is 6.07 Å². The van der Waals surface area contributed by atoms with Crippen LogP contribution in [-0.4, -0.2) is 10.5 Å². The van der Waals surface area contributed by atoms with E-state index in [0.717, 1.165) is 22.2 Å². The smallest absolute Gasteiger partial charge is 0.244 e. The average molecular weight is 395 g/mol. The molecule has 3 aromatic carbocycles. The van der Waals surface area contributed by atoms with Crippen molar-refractivity contribution in [2.24, 2.45) is 0 Å². The van der Waals surface area contributed by atoms with Crippen LogP contribution in [0.25, 0.3) is 22.6 Å². The molecule has 146 valence electrons. The molecular weight excluding hydrogens is 377 g/mol. The van der Waals surface area contributed by atoms with E-state index in [0.29, 0.717) is 0 Å². The third-order valence-corrected chi connectivity index (χ3v) is 4.78. The highest BCUT2D eigenvalue weighted by Gasteiger charge is 2.13. The molecule has 4 nitrogen and oxygen atoms in total. The summed E-state index contributed by atoms with van der Waals surface area (Å²) in [5, 5.41) is 13.4. The number of hydrogen-bond acceptors (Lipinski definition) is 2. The molecular formula is C25H18FN3O. The van der Waals surface area contributed by atoms with Crippen molar-refractivity contribution < 1.29 is 9.18 Å². The predicted octanol–water partition coefficient (Wildman–Crippen LogP) is 5.48. The van der Waals surface area contributed by atoms with Crippen LogP contribution in [0.4, 0.5) is 10.1 Å². The van der Waals surface area contributed by atoms with E-state index in [-0.39, 0.29) is 23.6 Å². The lowest BCUT2D eigenvalue weighted by molar-refractivity contribution is -0.116.